The molecule has 5 nitrogen and oxygen atoms in total. The molecule has 1 aromatic carbocycles. The molecule has 0 aliphatic heterocycles. The van der Waals surface area contributed by atoms with Crippen LogP contribution in [0.1, 0.15) is 42.9 Å². The Morgan fingerprint density at radius 3 is 2.54 bits per heavy atom. The molecule has 0 amide bonds. The number of rotatable bonds is 9. The van der Waals surface area contributed by atoms with E-state index < -0.39 is 23.8 Å². The van der Waals surface area contributed by atoms with Gasteiger partial charge in [0.1, 0.15) is 6.04 Å². The second-order valence-corrected chi connectivity index (χ2v) is 6.15. The number of aliphatic carboxylic acids is 1. The molecular formula is C18H22F3N3O2. The minimum Gasteiger partial charge on any atom is -0.480 e. The average Bonchev–Trinajstić information content (AvgIpc) is 3.01. The van der Waals surface area contributed by atoms with Gasteiger partial charge >= 0.3 is 12.1 Å². The van der Waals surface area contributed by atoms with E-state index in [1.807, 2.05) is 6.92 Å². The van der Waals surface area contributed by atoms with Gasteiger partial charge in [-0.1, -0.05) is 31.9 Å². The summed E-state index contributed by atoms with van der Waals surface area (Å²) < 4.78 is 39.3. The molecule has 2 N–H and O–H groups in total. The number of hydrogen-bond donors (Lipinski definition) is 2. The van der Waals surface area contributed by atoms with Gasteiger partial charge in [-0.2, -0.15) is 18.3 Å². The zero-order valence-corrected chi connectivity index (χ0v) is 14.5. The lowest BCUT2D eigenvalue weighted by atomic mass is 10.1. The van der Waals surface area contributed by atoms with Crippen LogP contribution in [0, 0.1) is 0 Å². The fourth-order valence-corrected chi connectivity index (χ4v) is 2.53. The first-order valence-corrected chi connectivity index (χ1v) is 8.43. The van der Waals surface area contributed by atoms with Crippen LogP contribution in [0.5, 0.6) is 0 Å². The monoisotopic (exact) mass is 369 g/mol. The van der Waals surface area contributed by atoms with Crippen LogP contribution in [0.4, 0.5) is 13.2 Å². The summed E-state index contributed by atoms with van der Waals surface area (Å²) in [5.74, 6) is -0.879. The maximum atomic E-state index is 12.6. The van der Waals surface area contributed by atoms with E-state index in [2.05, 4.69) is 10.4 Å². The molecule has 0 saturated heterocycles. The van der Waals surface area contributed by atoms with Gasteiger partial charge in [0, 0.05) is 18.3 Å². The van der Waals surface area contributed by atoms with Crippen LogP contribution in [-0.2, 0) is 24.1 Å². The average molecular weight is 369 g/mol. The second-order valence-electron chi connectivity index (χ2n) is 6.15. The predicted octanol–water partition coefficient (Wildman–Crippen LogP) is 3.68. The number of hydrogen-bond acceptors (Lipinski definition) is 3. The van der Waals surface area contributed by atoms with Crippen molar-refractivity contribution in [3.8, 4) is 0 Å². The quantitative estimate of drug-likeness (QED) is 0.708. The lowest BCUT2D eigenvalue weighted by Crippen LogP contribution is -2.36. The van der Waals surface area contributed by atoms with E-state index in [1.165, 1.54) is 12.1 Å². The number of carboxylic acid groups (broad SMARTS) is 1. The number of halogens is 3. The summed E-state index contributed by atoms with van der Waals surface area (Å²) in [6.45, 7) is 2.72. The standard InChI is InChI=1S/C18H22F3N3O2/c1-2-3-4-16(17(25)26)22-9-14-10-23-24(12-14)11-13-5-7-15(8-6-13)18(19,20)21/h5-8,10,12,16,22H,2-4,9,11H2,1H3,(H,25,26)/t16-/m0/s1. The van der Waals surface area contributed by atoms with Crippen molar-refractivity contribution < 1.29 is 23.1 Å². The lowest BCUT2D eigenvalue weighted by molar-refractivity contribution is -0.140. The molecule has 2 rings (SSSR count). The Bertz CT molecular complexity index is 711. The molecule has 1 atom stereocenters. The van der Waals surface area contributed by atoms with Crippen LogP contribution in [0.25, 0.3) is 0 Å². The third kappa shape index (κ3) is 5.87. The van der Waals surface area contributed by atoms with Gasteiger partial charge in [0.25, 0.3) is 0 Å². The smallest absolute Gasteiger partial charge is 0.416 e. The number of nitrogens with zero attached hydrogens (tertiary/aromatic N) is 2. The Balaban J connectivity index is 1.92. The molecule has 2 aromatic rings. The number of alkyl halides is 3. The SMILES string of the molecule is CCCC[C@H](NCc1cnn(Cc2ccc(C(F)(F)F)cc2)c1)C(=O)O. The first-order chi connectivity index (χ1) is 12.3. The van der Waals surface area contributed by atoms with Crippen LogP contribution in [-0.4, -0.2) is 26.9 Å². The Hall–Kier alpha value is -2.35. The molecule has 0 unspecified atom stereocenters. The van der Waals surface area contributed by atoms with E-state index in [-0.39, 0.29) is 0 Å². The van der Waals surface area contributed by atoms with Gasteiger partial charge < -0.3 is 10.4 Å². The van der Waals surface area contributed by atoms with Gasteiger partial charge in [0.05, 0.1) is 18.3 Å². The minimum atomic E-state index is -4.35. The zero-order valence-electron chi connectivity index (χ0n) is 14.5. The van der Waals surface area contributed by atoms with Crippen molar-refractivity contribution in [1.29, 1.82) is 0 Å². The number of unbranched alkanes of at least 4 members (excludes halogenated alkanes) is 1. The molecule has 0 fully saturated rings. The zero-order chi connectivity index (χ0) is 19.2. The maximum absolute atomic E-state index is 12.6. The van der Waals surface area contributed by atoms with E-state index in [0.717, 1.165) is 30.5 Å². The normalized spacial score (nSPS) is 12.9. The maximum Gasteiger partial charge on any atom is 0.416 e. The lowest BCUT2D eigenvalue weighted by Gasteiger charge is -2.13. The molecule has 0 radical (unpaired) electrons. The first-order valence-electron chi connectivity index (χ1n) is 8.43. The molecule has 26 heavy (non-hydrogen) atoms. The van der Waals surface area contributed by atoms with Crippen molar-refractivity contribution >= 4 is 5.97 Å². The van der Waals surface area contributed by atoms with Gasteiger partial charge in [0.15, 0.2) is 0 Å². The van der Waals surface area contributed by atoms with Gasteiger partial charge in [-0.25, -0.2) is 0 Å². The van der Waals surface area contributed by atoms with E-state index >= 15 is 0 Å². The summed E-state index contributed by atoms with van der Waals surface area (Å²) in [5.41, 5.74) is 0.838. The van der Waals surface area contributed by atoms with E-state index in [4.69, 9.17) is 0 Å². The fraction of sp³-hybridized carbons (Fsp3) is 0.444. The van der Waals surface area contributed by atoms with Crippen LogP contribution >= 0.6 is 0 Å². The van der Waals surface area contributed by atoms with Crippen molar-refractivity contribution in [2.75, 3.05) is 0 Å². The third-order valence-corrected chi connectivity index (χ3v) is 4.01. The first kappa shape index (κ1) is 20.0. The summed E-state index contributed by atoms with van der Waals surface area (Å²) in [6, 6.07) is 4.34. The molecule has 8 heteroatoms. The Labute approximate surface area is 149 Å². The number of nitrogens with one attached hydrogen (secondary N) is 1. The number of benzene rings is 1. The summed E-state index contributed by atoms with van der Waals surface area (Å²) in [6.07, 6.45) is 1.35. The van der Waals surface area contributed by atoms with Crippen LogP contribution in [0.2, 0.25) is 0 Å². The highest BCUT2D eigenvalue weighted by molar-refractivity contribution is 5.73. The van der Waals surface area contributed by atoms with Gasteiger partial charge in [-0.05, 0) is 24.1 Å². The van der Waals surface area contributed by atoms with E-state index in [0.29, 0.717) is 25.1 Å². The predicted molar refractivity (Wildman–Crippen MR) is 90.6 cm³/mol. The van der Waals surface area contributed by atoms with Gasteiger partial charge in [-0.15, -0.1) is 0 Å². The number of carbonyl (C=O) groups is 1. The fourth-order valence-electron chi connectivity index (χ4n) is 2.53. The summed E-state index contributed by atoms with van der Waals surface area (Å²) in [4.78, 5) is 11.2. The molecule has 0 aliphatic rings. The Morgan fingerprint density at radius 2 is 1.96 bits per heavy atom. The molecule has 1 heterocycles. The van der Waals surface area contributed by atoms with Gasteiger partial charge in [-0.3, -0.25) is 9.48 Å². The topological polar surface area (TPSA) is 67.2 Å². The highest BCUT2D eigenvalue weighted by Gasteiger charge is 2.29. The van der Waals surface area contributed by atoms with E-state index in [9.17, 15) is 23.1 Å². The van der Waals surface area contributed by atoms with E-state index in [1.54, 1.807) is 17.1 Å². The highest BCUT2D eigenvalue weighted by Crippen LogP contribution is 2.29. The van der Waals surface area contributed by atoms with Crippen LogP contribution in [0.3, 0.4) is 0 Å². The molecule has 0 bridgehead atoms. The Morgan fingerprint density at radius 1 is 1.27 bits per heavy atom. The second kappa shape index (κ2) is 8.84. The highest BCUT2D eigenvalue weighted by atomic mass is 19.4. The van der Waals surface area contributed by atoms with Crippen molar-refractivity contribution in [1.82, 2.24) is 15.1 Å². The molecular weight excluding hydrogens is 347 g/mol. The summed E-state index contributed by atoms with van der Waals surface area (Å²) in [5, 5.41) is 16.4. The van der Waals surface area contributed by atoms with Crippen LogP contribution < -0.4 is 5.32 Å². The van der Waals surface area contributed by atoms with Crippen LogP contribution in [0.15, 0.2) is 36.7 Å². The summed E-state index contributed by atoms with van der Waals surface area (Å²) in [7, 11) is 0. The van der Waals surface area contributed by atoms with Crippen molar-refractivity contribution in [2.45, 2.75) is 51.5 Å². The Kier molecular flexibility index (Phi) is 6.79. The molecule has 142 valence electrons. The van der Waals surface area contributed by atoms with Gasteiger partial charge in [0.2, 0.25) is 0 Å². The molecule has 0 aliphatic carbocycles. The minimum absolute atomic E-state index is 0.344. The summed E-state index contributed by atoms with van der Waals surface area (Å²) >= 11 is 0. The van der Waals surface area contributed by atoms with Crippen molar-refractivity contribution in [3.05, 3.63) is 53.3 Å². The molecule has 1 aromatic heterocycles. The number of aromatic nitrogens is 2. The third-order valence-electron chi connectivity index (χ3n) is 4.01. The largest absolute Gasteiger partial charge is 0.480 e. The number of carboxylic acids is 1. The molecule has 0 spiro atoms. The van der Waals surface area contributed by atoms with Crippen molar-refractivity contribution in [3.63, 3.8) is 0 Å². The molecule has 0 saturated carbocycles. The van der Waals surface area contributed by atoms with Crippen molar-refractivity contribution in [2.24, 2.45) is 0 Å².